The number of hydrogen-bond donors (Lipinski definition) is 4. The Morgan fingerprint density at radius 3 is 2.31 bits per heavy atom. The van der Waals surface area contributed by atoms with Crippen molar-refractivity contribution in [1.29, 1.82) is 0 Å². The molecule has 1 saturated carbocycles. The molecule has 1 atom stereocenters. The highest BCUT2D eigenvalue weighted by Gasteiger charge is 2.33. The van der Waals surface area contributed by atoms with E-state index >= 15 is 4.39 Å². The van der Waals surface area contributed by atoms with Crippen molar-refractivity contribution >= 4 is 35.0 Å². The van der Waals surface area contributed by atoms with Gasteiger partial charge in [0, 0.05) is 85.8 Å². The molecule has 0 spiro atoms. The predicted octanol–water partition coefficient (Wildman–Crippen LogP) is 5.01. The van der Waals surface area contributed by atoms with E-state index in [9.17, 15) is 23.6 Å². The molecule has 13 nitrogen and oxygen atoms in total. The second-order valence-electron chi connectivity index (χ2n) is 15.9. The standard InChI is InChI=1S/C43H49F2N9O4/c44-34-25-31(47-36-12-14-38(55)50-42(36)58)11-13-37(34)53-22-17-32(18-23-53)52-20-15-30(16-21-52)48-41(57)27-7-9-29(10-8-27)49-43-46-26-35(45)40(51-43)28-4-3-5-33(24-28)54-19-2-1-6-39(54)56/h1-6,11,13,19,24-27,29-30,32,36,47H,7-10,12,14-18,20-23H2,(H,48,57)(H,46,49,51)(H,50,55,58)/t27-,29-,36-/m1/s1. The minimum Gasteiger partial charge on any atom is -0.374 e. The highest BCUT2D eigenvalue weighted by molar-refractivity contribution is 6.01. The quantitative estimate of drug-likeness (QED) is 0.161. The molecule has 0 radical (unpaired) electrons. The first-order valence-electron chi connectivity index (χ1n) is 20.4. The number of pyridine rings is 1. The normalized spacial score (nSPS) is 22.3. The zero-order chi connectivity index (χ0) is 40.2. The number of carbonyl (C=O) groups is 3. The summed E-state index contributed by atoms with van der Waals surface area (Å²) in [6, 6.07) is 17.0. The van der Waals surface area contributed by atoms with E-state index < -0.39 is 11.9 Å². The molecule has 2 aromatic carbocycles. The first-order valence-corrected chi connectivity index (χ1v) is 20.4. The third kappa shape index (κ3) is 9.04. The van der Waals surface area contributed by atoms with Crippen LogP contribution in [0.2, 0.25) is 0 Å². The molecule has 0 bridgehead atoms. The Bertz CT molecular complexity index is 2190. The summed E-state index contributed by atoms with van der Waals surface area (Å²) in [4.78, 5) is 62.5. The van der Waals surface area contributed by atoms with Crippen LogP contribution in [0.3, 0.4) is 0 Å². The fourth-order valence-electron chi connectivity index (χ4n) is 8.85. The lowest BCUT2D eigenvalue weighted by Crippen LogP contribution is -2.52. The second-order valence-corrected chi connectivity index (χ2v) is 15.9. The number of piperidine rings is 3. The minimum atomic E-state index is -0.561. The van der Waals surface area contributed by atoms with Gasteiger partial charge in [-0.15, -0.1) is 0 Å². The van der Waals surface area contributed by atoms with Crippen LogP contribution in [0.4, 0.5) is 26.1 Å². The van der Waals surface area contributed by atoms with Gasteiger partial charge in [0.15, 0.2) is 5.82 Å². The van der Waals surface area contributed by atoms with Crippen LogP contribution in [0.25, 0.3) is 16.9 Å². The Morgan fingerprint density at radius 1 is 0.776 bits per heavy atom. The molecule has 5 heterocycles. The van der Waals surface area contributed by atoms with E-state index in [2.05, 4.69) is 41.0 Å². The van der Waals surface area contributed by atoms with Crippen LogP contribution in [0, 0.1) is 17.6 Å². The largest absolute Gasteiger partial charge is 0.374 e. The third-order valence-electron chi connectivity index (χ3n) is 12.1. The molecule has 58 heavy (non-hydrogen) atoms. The molecule has 304 valence electrons. The number of halogens is 2. The van der Waals surface area contributed by atoms with Crippen LogP contribution < -0.4 is 31.7 Å². The van der Waals surface area contributed by atoms with Crippen molar-refractivity contribution in [2.45, 2.75) is 88.4 Å². The van der Waals surface area contributed by atoms with Gasteiger partial charge in [-0.3, -0.25) is 29.1 Å². The van der Waals surface area contributed by atoms with Crippen LogP contribution in [0.15, 0.2) is 77.9 Å². The summed E-state index contributed by atoms with van der Waals surface area (Å²) < 4.78 is 31.7. The second kappa shape index (κ2) is 17.4. The maximum absolute atomic E-state index is 15.2. The van der Waals surface area contributed by atoms with E-state index in [1.54, 1.807) is 54.7 Å². The van der Waals surface area contributed by atoms with Crippen LogP contribution in [-0.4, -0.2) is 87.5 Å². The van der Waals surface area contributed by atoms with Gasteiger partial charge in [0.2, 0.25) is 23.7 Å². The SMILES string of the molecule is O=C1CC[C@@H](Nc2ccc(N3CCC(N4CCC(NC(=O)[C@H]5CC[C@H](Nc6ncc(F)c(-c7cccc(-n8ccccc8=O)c7)n6)CC5)CC4)CC3)c(F)c2)C(=O)N1. The molecule has 1 aliphatic carbocycles. The van der Waals surface area contributed by atoms with E-state index in [0.717, 1.165) is 83.7 Å². The summed E-state index contributed by atoms with van der Waals surface area (Å²) in [6.07, 6.45) is 10.1. The lowest BCUT2D eigenvalue weighted by Gasteiger charge is -2.42. The Hall–Kier alpha value is -5.70. The maximum atomic E-state index is 15.2. The zero-order valence-electron chi connectivity index (χ0n) is 32.3. The Labute approximate surface area is 335 Å². The zero-order valence-corrected chi connectivity index (χ0v) is 32.3. The van der Waals surface area contributed by atoms with Crippen LogP contribution >= 0.6 is 0 Å². The number of likely N-dealkylation sites (tertiary alicyclic amines) is 1. The average Bonchev–Trinajstić information content (AvgIpc) is 3.23. The minimum absolute atomic E-state index is 0.0584. The highest BCUT2D eigenvalue weighted by Crippen LogP contribution is 2.31. The summed E-state index contributed by atoms with van der Waals surface area (Å²) in [6.45, 7) is 3.32. The summed E-state index contributed by atoms with van der Waals surface area (Å²) in [5.41, 5.74) is 2.17. The number of benzene rings is 2. The van der Waals surface area contributed by atoms with E-state index in [0.29, 0.717) is 41.0 Å². The predicted molar refractivity (Wildman–Crippen MR) is 217 cm³/mol. The van der Waals surface area contributed by atoms with Gasteiger partial charge in [-0.1, -0.05) is 18.2 Å². The number of nitrogens with zero attached hydrogens (tertiary/aromatic N) is 5. The molecular formula is C43H49F2N9O4. The summed E-state index contributed by atoms with van der Waals surface area (Å²) >= 11 is 0. The molecule has 3 amide bonds. The number of hydrogen-bond acceptors (Lipinski definition) is 10. The van der Waals surface area contributed by atoms with Crippen molar-refractivity contribution < 1.29 is 23.2 Å². The number of aromatic nitrogens is 3. The van der Waals surface area contributed by atoms with Crippen molar-refractivity contribution in [3.05, 3.63) is 95.0 Å². The van der Waals surface area contributed by atoms with Crippen molar-refractivity contribution in [2.24, 2.45) is 5.92 Å². The maximum Gasteiger partial charge on any atom is 0.255 e. The molecule has 4 fully saturated rings. The van der Waals surface area contributed by atoms with E-state index in [4.69, 9.17) is 0 Å². The molecular weight excluding hydrogens is 745 g/mol. The Balaban J connectivity index is 0.760. The molecule has 3 saturated heterocycles. The van der Waals surface area contributed by atoms with Gasteiger partial charge in [0.05, 0.1) is 11.9 Å². The average molecular weight is 794 g/mol. The van der Waals surface area contributed by atoms with Gasteiger partial charge in [0.1, 0.15) is 17.6 Å². The Kier molecular flexibility index (Phi) is 11.8. The monoisotopic (exact) mass is 793 g/mol. The lowest BCUT2D eigenvalue weighted by atomic mass is 9.85. The first kappa shape index (κ1) is 39.1. The van der Waals surface area contributed by atoms with Crippen molar-refractivity contribution in [1.82, 2.24) is 30.1 Å². The van der Waals surface area contributed by atoms with Gasteiger partial charge >= 0.3 is 0 Å². The van der Waals surface area contributed by atoms with Gasteiger partial charge < -0.3 is 25.8 Å². The van der Waals surface area contributed by atoms with Crippen LogP contribution in [-0.2, 0) is 14.4 Å². The molecule has 2 aromatic heterocycles. The number of carbonyl (C=O) groups excluding carboxylic acids is 3. The van der Waals surface area contributed by atoms with Crippen LogP contribution in [0.1, 0.15) is 64.2 Å². The molecule has 3 aliphatic heterocycles. The molecule has 4 aliphatic rings. The molecule has 8 rings (SSSR count). The lowest BCUT2D eigenvalue weighted by molar-refractivity contribution is -0.133. The fraction of sp³-hybridized carbons (Fsp3) is 0.442. The molecule has 15 heteroatoms. The molecule has 0 unspecified atom stereocenters. The summed E-state index contributed by atoms with van der Waals surface area (Å²) in [7, 11) is 0. The smallest absolute Gasteiger partial charge is 0.255 e. The Morgan fingerprint density at radius 2 is 1.57 bits per heavy atom. The topological polar surface area (TPSA) is 154 Å². The number of amides is 3. The number of rotatable bonds is 10. The number of nitrogens with one attached hydrogen (secondary N) is 4. The fourth-order valence-corrected chi connectivity index (χ4v) is 8.85. The van der Waals surface area contributed by atoms with Crippen molar-refractivity contribution in [3.8, 4) is 16.9 Å². The van der Waals surface area contributed by atoms with E-state index in [1.165, 1.54) is 16.7 Å². The number of anilines is 3. The van der Waals surface area contributed by atoms with Crippen molar-refractivity contribution in [2.75, 3.05) is 41.7 Å². The third-order valence-corrected chi connectivity index (χ3v) is 12.1. The molecule has 4 aromatic rings. The van der Waals surface area contributed by atoms with Crippen molar-refractivity contribution in [3.63, 3.8) is 0 Å². The van der Waals surface area contributed by atoms with Gasteiger partial charge in [-0.25, -0.2) is 18.7 Å². The van der Waals surface area contributed by atoms with Gasteiger partial charge in [0.25, 0.3) is 5.56 Å². The highest BCUT2D eigenvalue weighted by atomic mass is 19.1. The summed E-state index contributed by atoms with van der Waals surface area (Å²) in [5, 5.41) is 12.1. The van der Waals surface area contributed by atoms with Gasteiger partial charge in [-0.2, -0.15) is 0 Å². The number of imide groups is 1. The van der Waals surface area contributed by atoms with Gasteiger partial charge in [-0.05, 0) is 94.2 Å². The van der Waals surface area contributed by atoms with E-state index in [-0.39, 0.29) is 59.2 Å². The molecule has 4 N–H and O–H groups in total. The summed E-state index contributed by atoms with van der Waals surface area (Å²) in [5.74, 6) is -1.19. The van der Waals surface area contributed by atoms with Crippen LogP contribution in [0.5, 0.6) is 0 Å². The van der Waals surface area contributed by atoms with E-state index in [1.807, 2.05) is 0 Å². The first-order chi connectivity index (χ1) is 28.2.